The fraction of sp³-hybridized carbons (Fsp3) is 0.125. The molecule has 6 heteroatoms. The van der Waals surface area contributed by atoms with E-state index in [2.05, 4.69) is 31.4 Å². The van der Waals surface area contributed by atoms with Gasteiger partial charge in [0.05, 0.1) is 0 Å². The first-order chi connectivity index (χ1) is 10.6. The summed E-state index contributed by atoms with van der Waals surface area (Å²) in [6.07, 6.45) is 0. The van der Waals surface area contributed by atoms with Gasteiger partial charge in [-0.3, -0.25) is 0 Å². The van der Waals surface area contributed by atoms with Crippen molar-refractivity contribution in [2.45, 2.75) is 13.0 Å². The smallest absolute Gasteiger partial charge is 0.247 e. The number of nitrogens with zero attached hydrogens (tertiary/aromatic N) is 2. The van der Waals surface area contributed by atoms with Crippen LogP contribution in [0.4, 0.5) is 5.69 Å². The van der Waals surface area contributed by atoms with Crippen LogP contribution in [-0.4, -0.2) is 10.2 Å². The van der Waals surface area contributed by atoms with Gasteiger partial charge in [0.15, 0.2) is 0 Å². The van der Waals surface area contributed by atoms with Gasteiger partial charge in [-0.2, -0.15) is 0 Å². The number of anilines is 1. The van der Waals surface area contributed by atoms with E-state index in [4.69, 9.17) is 16.0 Å². The van der Waals surface area contributed by atoms with Gasteiger partial charge < -0.3 is 9.73 Å². The molecule has 0 saturated heterocycles. The van der Waals surface area contributed by atoms with Crippen LogP contribution < -0.4 is 5.32 Å². The molecule has 0 unspecified atom stereocenters. The highest BCUT2D eigenvalue weighted by Gasteiger charge is 2.15. The second-order valence-electron chi connectivity index (χ2n) is 4.83. The Morgan fingerprint density at radius 1 is 1.14 bits per heavy atom. The maximum Gasteiger partial charge on any atom is 0.247 e. The Hall–Kier alpha value is -1.85. The lowest BCUT2D eigenvalue weighted by Crippen LogP contribution is -2.06. The van der Waals surface area contributed by atoms with E-state index >= 15 is 0 Å². The van der Waals surface area contributed by atoms with Gasteiger partial charge >= 0.3 is 0 Å². The second-order valence-corrected chi connectivity index (χ2v) is 6.18. The highest BCUT2D eigenvalue weighted by molar-refractivity contribution is 9.10. The first kappa shape index (κ1) is 15.1. The normalized spacial score (nSPS) is 12.1. The van der Waals surface area contributed by atoms with Crippen molar-refractivity contribution in [3.63, 3.8) is 0 Å². The molecule has 3 rings (SSSR count). The molecule has 0 aliphatic heterocycles. The van der Waals surface area contributed by atoms with Gasteiger partial charge in [-0.15, -0.1) is 10.2 Å². The van der Waals surface area contributed by atoms with E-state index in [9.17, 15) is 0 Å². The van der Waals surface area contributed by atoms with Crippen LogP contribution in [0.15, 0.2) is 57.4 Å². The summed E-state index contributed by atoms with van der Waals surface area (Å²) in [5.74, 6) is 0.986. The zero-order valence-corrected chi connectivity index (χ0v) is 14.1. The lowest BCUT2D eigenvalue weighted by Gasteiger charge is -2.11. The third-order valence-corrected chi connectivity index (χ3v) is 3.87. The zero-order chi connectivity index (χ0) is 15.5. The Labute approximate surface area is 141 Å². The summed E-state index contributed by atoms with van der Waals surface area (Å²) in [6, 6.07) is 15.2. The molecule has 22 heavy (non-hydrogen) atoms. The molecule has 1 heterocycles. The molecule has 1 N–H and O–H groups in total. The topological polar surface area (TPSA) is 51.0 Å². The summed E-state index contributed by atoms with van der Waals surface area (Å²) in [4.78, 5) is 0. The van der Waals surface area contributed by atoms with Crippen molar-refractivity contribution in [2.75, 3.05) is 5.32 Å². The molecule has 0 spiro atoms. The van der Waals surface area contributed by atoms with Gasteiger partial charge in [0.1, 0.15) is 6.04 Å². The fourth-order valence-electron chi connectivity index (χ4n) is 2.01. The van der Waals surface area contributed by atoms with Crippen LogP contribution in [-0.2, 0) is 0 Å². The van der Waals surface area contributed by atoms with E-state index in [-0.39, 0.29) is 6.04 Å². The molecular formula is C16H13BrClN3O. The highest BCUT2D eigenvalue weighted by Crippen LogP contribution is 2.25. The average molecular weight is 379 g/mol. The third kappa shape index (κ3) is 3.48. The number of hydrogen-bond acceptors (Lipinski definition) is 4. The summed E-state index contributed by atoms with van der Waals surface area (Å²) in [5, 5.41) is 12.1. The first-order valence-electron chi connectivity index (χ1n) is 6.73. The van der Waals surface area contributed by atoms with Crippen molar-refractivity contribution in [3.05, 3.63) is 63.9 Å². The van der Waals surface area contributed by atoms with Gasteiger partial charge in [0, 0.05) is 20.7 Å². The SMILES string of the molecule is C[C@H](Nc1ccc(Br)cc1)c1nnc(-c2cccc(Cl)c2)o1. The van der Waals surface area contributed by atoms with E-state index in [0.717, 1.165) is 15.7 Å². The summed E-state index contributed by atoms with van der Waals surface area (Å²) in [5.41, 5.74) is 1.79. The molecule has 1 aromatic heterocycles. The number of nitrogens with one attached hydrogen (secondary N) is 1. The number of halogens is 2. The maximum absolute atomic E-state index is 5.98. The zero-order valence-electron chi connectivity index (χ0n) is 11.8. The number of benzene rings is 2. The average Bonchev–Trinajstić information content (AvgIpc) is 3.00. The van der Waals surface area contributed by atoms with Crippen LogP contribution in [0.3, 0.4) is 0 Å². The molecule has 2 aromatic carbocycles. The standard InChI is InChI=1S/C16H13BrClN3O/c1-10(19-14-7-5-12(17)6-8-14)15-20-21-16(22-15)11-3-2-4-13(18)9-11/h2-10,19H,1H3/t10-/m0/s1. The van der Waals surface area contributed by atoms with Crippen LogP contribution in [0, 0.1) is 0 Å². The Kier molecular flexibility index (Phi) is 4.45. The van der Waals surface area contributed by atoms with Gasteiger partial charge in [-0.1, -0.05) is 33.6 Å². The Bertz CT molecular complexity index is 773. The lowest BCUT2D eigenvalue weighted by molar-refractivity contribution is 0.485. The minimum atomic E-state index is -0.0957. The quantitative estimate of drug-likeness (QED) is 0.667. The van der Waals surface area contributed by atoms with E-state index in [1.54, 1.807) is 12.1 Å². The van der Waals surface area contributed by atoms with Crippen LogP contribution in [0.2, 0.25) is 5.02 Å². The molecule has 112 valence electrons. The molecule has 4 nitrogen and oxygen atoms in total. The molecule has 0 saturated carbocycles. The van der Waals surface area contributed by atoms with Crippen molar-refractivity contribution in [1.82, 2.24) is 10.2 Å². The lowest BCUT2D eigenvalue weighted by atomic mass is 10.2. The van der Waals surface area contributed by atoms with Crippen molar-refractivity contribution in [1.29, 1.82) is 0 Å². The first-order valence-corrected chi connectivity index (χ1v) is 7.90. The van der Waals surface area contributed by atoms with Gasteiger partial charge in [-0.05, 0) is 49.4 Å². The summed E-state index contributed by atoms with van der Waals surface area (Å²) < 4.78 is 6.76. The van der Waals surface area contributed by atoms with Gasteiger partial charge in [0.2, 0.25) is 11.8 Å². The maximum atomic E-state index is 5.98. The third-order valence-electron chi connectivity index (χ3n) is 3.11. The number of rotatable bonds is 4. The van der Waals surface area contributed by atoms with E-state index in [0.29, 0.717) is 16.8 Å². The van der Waals surface area contributed by atoms with Gasteiger partial charge in [-0.25, -0.2) is 0 Å². The molecule has 0 radical (unpaired) electrons. The van der Waals surface area contributed by atoms with Crippen LogP contribution in [0.1, 0.15) is 18.9 Å². The molecular weight excluding hydrogens is 366 g/mol. The molecule has 1 atom stereocenters. The van der Waals surface area contributed by atoms with Crippen molar-refractivity contribution >= 4 is 33.2 Å². The Balaban J connectivity index is 1.76. The van der Waals surface area contributed by atoms with E-state index < -0.39 is 0 Å². The number of aromatic nitrogens is 2. The monoisotopic (exact) mass is 377 g/mol. The van der Waals surface area contributed by atoms with E-state index in [1.165, 1.54) is 0 Å². The predicted molar refractivity (Wildman–Crippen MR) is 90.9 cm³/mol. The summed E-state index contributed by atoms with van der Waals surface area (Å²) >= 11 is 9.39. The second kappa shape index (κ2) is 6.50. The van der Waals surface area contributed by atoms with Gasteiger partial charge in [0.25, 0.3) is 0 Å². The Morgan fingerprint density at radius 3 is 2.64 bits per heavy atom. The Morgan fingerprint density at radius 2 is 1.91 bits per heavy atom. The van der Waals surface area contributed by atoms with Crippen molar-refractivity contribution in [2.24, 2.45) is 0 Å². The molecule has 3 aromatic rings. The van der Waals surface area contributed by atoms with Crippen LogP contribution >= 0.6 is 27.5 Å². The van der Waals surface area contributed by atoms with Crippen molar-refractivity contribution in [3.8, 4) is 11.5 Å². The number of hydrogen-bond donors (Lipinski definition) is 1. The minimum Gasteiger partial charge on any atom is -0.418 e. The summed E-state index contributed by atoms with van der Waals surface area (Å²) in [6.45, 7) is 1.97. The van der Waals surface area contributed by atoms with Crippen LogP contribution in [0.5, 0.6) is 0 Å². The largest absolute Gasteiger partial charge is 0.418 e. The summed E-state index contributed by atoms with van der Waals surface area (Å²) in [7, 11) is 0. The van der Waals surface area contributed by atoms with Crippen LogP contribution in [0.25, 0.3) is 11.5 Å². The minimum absolute atomic E-state index is 0.0957. The highest BCUT2D eigenvalue weighted by atomic mass is 79.9. The molecule has 0 fully saturated rings. The molecule has 0 bridgehead atoms. The van der Waals surface area contributed by atoms with E-state index in [1.807, 2.05) is 43.3 Å². The molecule has 0 aliphatic carbocycles. The van der Waals surface area contributed by atoms with Crippen molar-refractivity contribution < 1.29 is 4.42 Å². The molecule has 0 amide bonds. The fourth-order valence-corrected chi connectivity index (χ4v) is 2.46. The predicted octanol–water partition coefficient (Wildman–Crippen LogP) is 5.33. The molecule has 0 aliphatic rings.